The lowest BCUT2D eigenvalue weighted by Gasteiger charge is -2.50. The van der Waals surface area contributed by atoms with E-state index < -0.39 is 10.0 Å². The SMILES string of the molecule is CCC1=Cc2c(C3CC3)cccc2C1S1(C2C(CC)=Cc3c(C4CC4)cccc32)CCCC1. The number of hydrogen-bond donors (Lipinski definition) is 0. The average Bonchev–Trinajstić information content (AvgIpc) is 3.74. The smallest absolute Gasteiger partial charge is 0.0368 e. The van der Waals surface area contributed by atoms with Crippen LogP contribution in [-0.4, -0.2) is 11.5 Å². The molecule has 2 atom stereocenters. The van der Waals surface area contributed by atoms with Crippen LogP contribution in [0, 0.1) is 0 Å². The van der Waals surface area contributed by atoms with E-state index in [0.717, 1.165) is 11.8 Å². The number of hydrogen-bond acceptors (Lipinski definition) is 0. The molecule has 0 spiro atoms. The summed E-state index contributed by atoms with van der Waals surface area (Å²) in [5.74, 6) is 4.61. The topological polar surface area (TPSA) is 0 Å². The van der Waals surface area contributed by atoms with Crippen molar-refractivity contribution in [1.29, 1.82) is 0 Å². The Kier molecular flexibility index (Phi) is 4.77. The quantitative estimate of drug-likeness (QED) is 0.408. The molecule has 0 bridgehead atoms. The van der Waals surface area contributed by atoms with E-state index in [0.29, 0.717) is 10.5 Å². The lowest BCUT2D eigenvalue weighted by molar-refractivity contribution is 0.949. The molecule has 0 nitrogen and oxygen atoms in total. The summed E-state index contributed by atoms with van der Waals surface area (Å²) in [5, 5.41) is 1.38. The Bertz CT molecular complexity index is 1080. The van der Waals surface area contributed by atoms with Gasteiger partial charge in [-0.05, 0) is 108 Å². The fourth-order valence-corrected chi connectivity index (χ4v) is 13.6. The summed E-state index contributed by atoms with van der Waals surface area (Å²) in [5.41, 5.74) is 13.6. The zero-order valence-electron chi connectivity index (χ0n) is 20.4. The molecule has 1 aliphatic heterocycles. The Labute approximate surface area is 201 Å². The highest BCUT2D eigenvalue weighted by molar-refractivity contribution is 8.34. The first-order valence-corrected chi connectivity index (χ1v) is 15.8. The Hall–Kier alpha value is -1.73. The molecule has 0 radical (unpaired) electrons. The Balaban J connectivity index is 1.41. The van der Waals surface area contributed by atoms with Crippen LogP contribution in [0.1, 0.15) is 121 Å². The van der Waals surface area contributed by atoms with Crippen molar-refractivity contribution in [3.8, 4) is 0 Å². The van der Waals surface area contributed by atoms with Crippen molar-refractivity contribution in [3.05, 3.63) is 80.9 Å². The summed E-state index contributed by atoms with van der Waals surface area (Å²) in [7, 11) is -0.848. The Morgan fingerprint density at radius 3 is 1.45 bits per heavy atom. The molecular weight excluding hydrogens is 416 g/mol. The van der Waals surface area contributed by atoms with E-state index in [9.17, 15) is 0 Å². The monoisotopic (exact) mass is 454 g/mol. The van der Waals surface area contributed by atoms with Crippen molar-refractivity contribution in [1.82, 2.24) is 0 Å². The maximum Gasteiger partial charge on any atom is 0.0368 e. The third kappa shape index (κ3) is 3.04. The first kappa shape index (κ1) is 20.6. The van der Waals surface area contributed by atoms with E-state index in [1.54, 1.807) is 44.5 Å². The third-order valence-electron chi connectivity index (χ3n) is 9.33. The summed E-state index contributed by atoms with van der Waals surface area (Å²) in [4.78, 5) is 0. The molecule has 172 valence electrons. The second kappa shape index (κ2) is 7.64. The number of fused-ring (bicyclic) bond motifs is 2. The third-order valence-corrected chi connectivity index (χ3v) is 14.4. The molecule has 5 aliphatic rings. The highest BCUT2D eigenvalue weighted by Gasteiger charge is 2.50. The highest BCUT2D eigenvalue weighted by atomic mass is 32.3. The number of rotatable bonds is 6. The van der Waals surface area contributed by atoms with Crippen LogP contribution in [-0.2, 0) is 0 Å². The lowest BCUT2D eigenvalue weighted by Crippen LogP contribution is -2.21. The molecule has 1 heterocycles. The average molecular weight is 455 g/mol. The fourth-order valence-electron chi connectivity index (χ4n) is 7.55. The van der Waals surface area contributed by atoms with Crippen LogP contribution < -0.4 is 0 Å². The van der Waals surface area contributed by atoms with Gasteiger partial charge in [0.2, 0.25) is 0 Å². The van der Waals surface area contributed by atoms with E-state index >= 15 is 0 Å². The lowest BCUT2D eigenvalue weighted by atomic mass is 9.99. The van der Waals surface area contributed by atoms with Gasteiger partial charge >= 0.3 is 0 Å². The minimum atomic E-state index is -0.848. The molecule has 2 aromatic carbocycles. The summed E-state index contributed by atoms with van der Waals surface area (Å²) in [6, 6.07) is 14.8. The Morgan fingerprint density at radius 1 is 0.636 bits per heavy atom. The van der Waals surface area contributed by atoms with Gasteiger partial charge in [-0.2, -0.15) is 0 Å². The van der Waals surface area contributed by atoms with Gasteiger partial charge in [0.25, 0.3) is 0 Å². The maximum atomic E-state index is 2.67. The number of benzene rings is 2. The summed E-state index contributed by atoms with van der Waals surface area (Å²) in [6.07, 6.45) is 16.2. The second-order valence-corrected chi connectivity index (χ2v) is 15.0. The van der Waals surface area contributed by atoms with Crippen LogP contribution in [0.4, 0.5) is 0 Å². The van der Waals surface area contributed by atoms with E-state index in [1.165, 1.54) is 62.9 Å². The fraction of sp³-hybridized carbons (Fsp3) is 0.500. The van der Waals surface area contributed by atoms with Gasteiger partial charge in [-0.1, -0.05) is 73.5 Å². The summed E-state index contributed by atoms with van der Waals surface area (Å²) in [6.45, 7) is 4.85. The molecule has 1 heteroatoms. The molecule has 0 amide bonds. The molecule has 4 aliphatic carbocycles. The van der Waals surface area contributed by atoms with E-state index in [1.807, 2.05) is 0 Å². The molecule has 7 rings (SSSR count). The van der Waals surface area contributed by atoms with Crippen LogP contribution in [0.5, 0.6) is 0 Å². The second-order valence-electron chi connectivity index (χ2n) is 11.3. The minimum Gasteiger partial charge on any atom is -0.220 e. The molecule has 0 N–H and O–H groups in total. The van der Waals surface area contributed by atoms with Crippen LogP contribution in [0.15, 0.2) is 47.5 Å². The zero-order valence-corrected chi connectivity index (χ0v) is 21.2. The van der Waals surface area contributed by atoms with Gasteiger partial charge in [-0.15, -0.1) is 0 Å². The molecule has 3 fully saturated rings. The van der Waals surface area contributed by atoms with Crippen LogP contribution in [0.3, 0.4) is 0 Å². The van der Waals surface area contributed by atoms with E-state index in [4.69, 9.17) is 0 Å². The highest BCUT2D eigenvalue weighted by Crippen LogP contribution is 2.79. The van der Waals surface area contributed by atoms with Crippen LogP contribution in [0.2, 0.25) is 0 Å². The first-order chi connectivity index (χ1) is 16.2. The van der Waals surface area contributed by atoms with Gasteiger partial charge < -0.3 is 0 Å². The van der Waals surface area contributed by atoms with Gasteiger partial charge in [0.1, 0.15) is 0 Å². The summed E-state index contributed by atoms with van der Waals surface area (Å²) < 4.78 is 0. The van der Waals surface area contributed by atoms with Gasteiger partial charge in [0, 0.05) is 10.5 Å². The normalized spacial score (nSPS) is 28.3. The van der Waals surface area contributed by atoms with Crippen molar-refractivity contribution < 1.29 is 0 Å². The minimum absolute atomic E-state index is 0.689. The molecule has 1 saturated heterocycles. The Morgan fingerprint density at radius 2 is 1.06 bits per heavy atom. The predicted octanol–water partition coefficient (Wildman–Crippen LogP) is 9.44. The van der Waals surface area contributed by atoms with Gasteiger partial charge in [0.05, 0.1) is 0 Å². The van der Waals surface area contributed by atoms with Crippen molar-refractivity contribution in [3.63, 3.8) is 0 Å². The van der Waals surface area contributed by atoms with Crippen LogP contribution in [0.25, 0.3) is 12.2 Å². The first-order valence-electron chi connectivity index (χ1n) is 13.7. The van der Waals surface area contributed by atoms with Gasteiger partial charge in [-0.25, -0.2) is 10.0 Å². The van der Waals surface area contributed by atoms with Crippen LogP contribution >= 0.6 is 10.0 Å². The van der Waals surface area contributed by atoms with Crippen molar-refractivity contribution in [2.24, 2.45) is 0 Å². The van der Waals surface area contributed by atoms with E-state index in [2.05, 4.69) is 62.4 Å². The standard InChI is InChI=1S/C32H38S/c1-3-21-19-29-25(23-13-14-23)9-7-11-27(29)31(21)33(17-5-6-18-33)32-22(4-2)20-30-26(24-15-16-24)10-8-12-28(30)32/h7-12,19-20,23-24,31-32H,3-6,13-18H2,1-2H3. The van der Waals surface area contributed by atoms with Crippen molar-refractivity contribution >= 4 is 22.2 Å². The summed E-state index contributed by atoms with van der Waals surface area (Å²) >= 11 is 0. The molecule has 2 unspecified atom stereocenters. The molecule has 2 aromatic rings. The molecule has 33 heavy (non-hydrogen) atoms. The molecule has 2 saturated carbocycles. The van der Waals surface area contributed by atoms with E-state index in [-0.39, 0.29) is 0 Å². The van der Waals surface area contributed by atoms with Crippen molar-refractivity contribution in [2.45, 2.75) is 87.5 Å². The van der Waals surface area contributed by atoms with Gasteiger partial charge in [-0.3, -0.25) is 0 Å². The molecule has 0 aromatic heterocycles. The molecular formula is C32H38S. The predicted molar refractivity (Wildman–Crippen MR) is 145 cm³/mol. The zero-order chi connectivity index (χ0) is 22.2. The maximum absolute atomic E-state index is 2.67. The largest absolute Gasteiger partial charge is 0.220 e. The van der Waals surface area contributed by atoms with Crippen molar-refractivity contribution in [2.75, 3.05) is 11.5 Å². The van der Waals surface area contributed by atoms with Gasteiger partial charge in [0.15, 0.2) is 0 Å².